The van der Waals surface area contributed by atoms with Crippen LogP contribution in [0.1, 0.15) is 36.7 Å². The van der Waals surface area contributed by atoms with Crippen LogP contribution in [0, 0.1) is 0 Å². The number of hydrogen-bond donors (Lipinski definition) is 1. The van der Waals surface area contributed by atoms with E-state index in [0.29, 0.717) is 10.2 Å². The van der Waals surface area contributed by atoms with Gasteiger partial charge in [-0.25, -0.2) is 4.79 Å². The highest BCUT2D eigenvalue weighted by Crippen LogP contribution is 2.23. The number of rotatable bonds is 4. The molecule has 0 saturated heterocycles. The summed E-state index contributed by atoms with van der Waals surface area (Å²) in [4.78, 5) is 27.6. The van der Waals surface area contributed by atoms with Gasteiger partial charge in [-0.3, -0.25) is 9.78 Å². The van der Waals surface area contributed by atoms with Gasteiger partial charge in [0, 0.05) is 22.6 Å². The summed E-state index contributed by atoms with van der Waals surface area (Å²) < 4.78 is 5.65. The Morgan fingerprint density at radius 1 is 1.17 bits per heavy atom. The summed E-state index contributed by atoms with van der Waals surface area (Å²) in [6, 6.07) is 9.18. The van der Waals surface area contributed by atoms with Gasteiger partial charge >= 0.3 is 5.97 Å². The number of aromatic nitrogens is 1. The van der Waals surface area contributed by atoms with Crippen LogP contribution in [0.4, 0.5) is 5.69 Å². The first kappa shape index (κ1) is 18.1. The van der Waals surface area contributed by atoms with Crippen LogP contribution in [0.2, 0.25) is 0 Å². The van der Waals surface area contributed by atoms with Gasteiger partial charge in [0.1, 0.15) is 0 Å². The van der Waals surface area contributed by atoms with Gasteiger partial charge in [-0.15, -0.1) is 0 Å². The molecule has 0 aliphatic rings. The van der Waals surface area contributed by atoms with E-state index in [9.17, 15) is 9.59 Å². The lowest BCUT2D eigenvalue weighted by Crippen LogP contribution is -2.21. The number of carbonyl (C=O) groups excluding carboxylic acids is 2. The fraction of sp³-hybridized carbons (Fsp3) is 0.278. The molecule has 5 nitrogen and oxygen atoms in total. The molecule has 2 rings (SSSR count). The van der Waals surface area contributed by atoms with E-state index in [1.54, 1.807) is 12.3 Å². The van der Waals surface area contributed by atoms with Crippen molar-refractivity contribution in [2.75, 3.05) is 11.9 Å². The molecule has 126 valence electrons. The molecule has 0 unspecified atom stereocenters. The number of anilines is 1. The molecule has 0 aliphatic heterocycles. The first-order valence-electron chi connectivity index (χ1n) is 7.44. The third-order valence-corrected chi connectivity index (χ3v) is 3.74. The molecular weight excluding hydrogens is 372 g/mol. The number of hydrogen-bond acceptors (Lipinski definition) is 4. The van der Waals surface area contributed by atoms with Crippen molar-refractivity contribution < 1.29 is 14.3 Å². The fourth-order valence-electron chi connectivity index (χ4n) is 1.99. The summed E-state index contributed by atoms with van der Waals surface area (Å²) in [6.07, 6.45) is 2.95. The Bertz CT molecular complexity index is 737. The number of benzene rings is 1. The van der Waals surface area contributed by atoms with Gasteiger partial charge in [-0.1, -0.05) is 32.9 Å². The first-order chi connectivity index (χ1) is 11.3. The third kappa shape index (κ3) is 5.16. The normalized spacial score (nSPS) is 11.0. The molecule has 2 aromatic rings. The van der Waals surface area contributed by atoms with Crippen molar-refractivity contribution >= 4 is 33.5 Å². The molecule has 0 radical (unpaired) electrons. The van der Waals surface area contributed by atoms with Gasteiger partial charge in [-0.05, 0) is 45.1 Å². The number of amides is 1. The zero-order chi connectivity index (χ0) is 17.7. The van der Waals surface area contributed by atoms with Crippen molar-refractivity contribution in [2.24, 2.45) is 0 Å². The first-order valence-corrected chi connectivity index (χ1v) is 8.23. The quantitative estimate of drug-likeness (QED) is 0.802. The second kappa shape index (κ2) is 7.57. The summed E-state index contributed by atoms with van der Waals surface area (Å²) >= 11 is 3.22. The summed E-state index contributed by atoms with van der Waals surface area (Å²) in [7, 11) is 0. The van der Waals surface area contributed by atoms with Crippen molar-refractivity contribution in [3.8, 4) is 0 Å². The van der Waals surface area contributed by atoms with Crippen LogP contribution in [0.3, 0.4) is 0 Å². The highest BCUT2D eigenvalue weighted by molar-refractivity contribution is 9.10. The van der Waals surface area contributed by atoms with Crippen LogP contribution in [0.25, 0.3) is 0 Å². The standard InChI is InChI=1S/C18H19BrN2O3/c1-18(2,3)13-4-6-15(7-5-13)21-16(22)11-24-17(23)12-8-14(19)10-20-9-12/h4-10H,11H2,1-3H3,(H,21,22). The smallest absolute Gasteiger partial charge is 0.340 e. The minimum absolute atomic E-state index is 0.0516. The average molecular weight is 391 g/mol. The van der Waals surface area contributed by atoms with Crippen LogP contribution in [0.15, 0.2) is 47.2 Å². The molecule has 0 fully saturated rings. The van der Waals surface area contributed by atoms with Gasteiger partial charge < -0.3 is 10.1 Å². The maximum atomic E-state index is 11.9. The maximum absolute atomic E-state index is 11.9. The van der Waals surface area contributed by atoms with E-state index in [2.05, 4.69) is 47.0 Å². The fourth-order valence-corrected chi connectivity index (χ4v) is 2.35. The Hall–Kier alpha value is -2.21. The lowest BCUT2D eigenvalue weighted by molar-refractivity contribution is -0.119. The predicted molar refractivity (Wildman–Crippen MR) is 96.0 cm³/mol. The molecule has 0 saturated carbocycles. The third-order valence-electron chi connectivity index (χ3n) is 3.31. The molecule has 0 aliphatic carbocycles. The molecule has 1 aromatic heterocycles. The van der Waals surface area contributed by atoms with E-state index in [0.717, 1.165) is 0 Å². The SMILES string of the molecule is CC(C)(C)c1ccc(NC(=O)COC(=O)c2cncc(Br)c2)cc1. The number of esters is 1. The minimum atomic E-state index is -0.595. The molecular formula is C18H19BrN2O3. The molecule has 1 amide bonds. The second-order valence-electron chi connectivity index (χ2n) is 6.34. The van der Waals surface area contributed by atoms with Gasteiger partial charge in [0.25, 0.3) is 5.91 Å². The van der Waals surface area contributed by atoms with Crippen LogP contribution in [0.5, 0.6) is 0 Å². The zero-order valence-corrected chi connectivity index (χ0v) is 15.4. The second-order valence-corrected chi connectivity index (χ2v) is 7.26. The monoisotopic (exact) mass is 390 g/mol. The maximum Gasteiger partial charge on any atom is 0.340 e. The number of pyridine rings is 1. The Kier molecular flexibility index (Phi) is 5.72. The van der Waals surface area contributed by atoms with Crippen LogP contribution < -0.4 is 5.32 Å². The summed E-state index contributed by atoms with van der Waals surface area (Å²) in [6.45, 7) is 6.01. The van der Waals surface area contributed by atoms with Gasteiger partial charge in [0.2, 0.25) is 0 Å². The van der Waals surface area contributed by atoms with E-state index < -0.39 is 11.9 Å². The summed E-state index contributed by atoms with van der Waals surface area (Å²) in [5, 5.41) is 2.70. The van der Waals surface area contributed by atoms with E-state index in [1.807, 2.05) is 24.3 Å². The van der Waals surface area contributed by atoms with Gasteiger partial charge in [0.05, 0.1) is 5.56 Å². The largest absolute Gasteiger partial charge is 0.452 e. The molecule has 1 heterocycles. The number of ether oxygens (including phenoxy) is 1. The predicted octanol–water partition coefficient (Wildman–Crippen LogP) is 3.94. The number of nitrogens with zero attached hydrogens (tertiary/aromatic N) is 1. The van der Waals surface area contributed by atoms with Crippen LogP contribution in [-0.4, -0.2) is 23.5 Å². The topological polar surface area (TPSA) is 68.3 Å². The zero-order valence-electron chi connectivity index (χ0n) is 13.8. The molecule has 1 aromatic carbocycles. The van der Waals surface area contributed by atoms with Crippen molar-refractivity contribution in [1.29, 1.82) is 0 Å². The lowest BCUT2D eigenvalue weighted by atomic mass is 9.87. The van der Waals surface area contributed by atoms with E-state index in [1.165, 1.54) is 11.8 Å². The van der Waals surface area contributed by atoms with E-state index in [4.69, 9.17) is 4.74 Å². The molecule has 0 bridgehead atoms. The average Bonchev–Trinajstić information content (AvgIpc) is 2.52. The summed E-state index contributed by atoms with van der Waals surface area (Å²) in [5.74, 6) is -0.989. The van der Waals surface area contributed by atoms with Crippen molar-refractivity contribution in [2.45, 2.75) is 26.2 Å². The van der Waals surface area contributed by atoms with E-state index in [-0.39, 0.29) is 17.6 Å². The van der Waals surface area contributed by atoms with Gasteiger partial charge in [0.15, 0.2) is 6.61 Å². The van der Waals surface area contributed by atoms with Crippen molar-refractivity contribution in [1.82, 2.24) is 4.98 Å². The Morgan fingerprint density at radius 2 is 1.83 bits per heavy atom. The van der Waals surface area contributed by atoms with Crippen LogP contribution in [-0.2, 0) is 14.9 Å². The lowest BCUT2D eigenvalue weighted by Gasteiger charge is -2.19. The molecule has 24 heavy (non-hydrogen) atoms. The summed E-state index contributed by atoms with van der Waals surface area (Å²) in [5.41, 5.74) is 2.17. The van der Waals surface area contributed by atoms with Crippen molar-refractivity contribution in [3.05, 3.63) is 58.3 Å². The van der Waals surface area contributed by atoms with Gasteiger partial charge in [-0.2, -0.15) is 0 Å². The molecule has 1 N–H and O–H groups in total. The Morgan fingerprint density at radius 3 is 2.42 bits per heavy atom. The number of carbonyl (C=O) groups is 2. The van der Waals surface area contributed by atoms with Crippen molar-refractivity contribution in [3.63, 3.8) is 0 Å². The Labute approximate surface area is 149 Å². The molecule has 0 spiro atoms. The highest BCUT2D eigenvalue weighted by atomic mass is 79.9. The highest BCUT2D eigenvalue weighted by Gasteiger charge is 2.14. The number of halogens is 1. The Balaban J connectivity index is 1.88. The minimum Gasteiger partial charge on any atom is -0.452 e. The molecule has 6 heteroatoms. The molecule has 0 atom stereocenters. The van der Waals surface area contributed by atoms with Crippen LogP contribution >= 0.6 is 15.9 Å². The van der Waals surface area contributed by atoms with E-state index >= 15 is 0 Å². The number of nitrogens with one attached hydrogen (secondary N) is 1.